The van der Waals surface area contributed by atoms with E-state index in [-0.39, 0.29) is 18.2 Å². The summed E-state index contributed by atoms with van der Waals surface area (Å²) in [7, 11) is 0. The second-order valence-corrected chi connectivity index (χ2v) is 6.03. The number of amides is 1. The number of fused-ring (bicyclic) bond motifs is 1. The summed E-state index contributed by atoms with van der Waals surface area (Å²) in [5.74, 6) is -0.204. The molecule has 0 saturated carbocycles. The largest absolute Gasteiger partial charge is 0.435 e. The lowest BCUT2D eigenvalue weighted by Gasteiger charge is -2.10. The number of carbonyl (C=O) groups is 1. The molecule has 0 aliphatic heterocycles. The fourth-order valence-corrected chi connectivity index (χ4v) is 2.73. The summed E-state index contributed by atoms with van der Waals surface area (Å²) in [4.78, 5) is 17.0. The quantitative estimate of drug-likeness (QED) is 0.738. The summed E-state index contributed by atoms with van der Waals surface area (Å²) in [6.07, 6.45) is 0. The monoisotopic (exact) mass is 356 g/mol. The Morgan fingerprint density at radius 1 is 1.15 bits per heavy atom. The van der Waals surface area contributed by atoms with Gasteiger partial charge in [-0.3, -0.25) is 9.78 Å². The lowest BCUT2D eigenvalue weighted by Crippen LogP contribution is -2.24. The molecule has 2 aromatic carbocycles. The highest BCUT2D eigenvalue weighted by Gasteiger charge is 2.12. The Kier molecular flexibility index (Phi) is 5.11. The van der Waals surface area contributed by atoms with Gasteiger partial charge in [0.1, 0.15) is 5.75 Å². The van der Waals surface area contributed by atoms with Crippen LogP contribution < -0.4 is 10.1 Å². The molecule has 0 atom stereocenters. The van der Waals surface area contributed by atoms with E-state index in [4.69, 9.17) is 0 Å². The van der Waals surface area contributed by atoms with E-state index in [0.29, 0.717) is 16.8 Å². The molecule has 6 heteroatoms. The van der Waals surface area contributed by atoms with E-state index in [1.165, 1.54) is 12.1 Å². The molecule has 4 nitrogen and oxygen atoms in total. The third-order valence-corrected chi connectivity index (χ3v) is 3.98. The Morgan fingerprint density at radius 3 is 2.73 bits per heavy atom. The fourth-order valence-electron chi connectivity index (χ4n) is 2.73. The van der Waals surface area contributed by atoms with E-state index < -0.39 is 6.61 Å². The van der Waals surface area contributed by atoms with Crippen molar-refractivity contribution in [1.29, 1.82) is 0 Å². The predicted octanol–water partition coefficient (Wildman–Crippen LogP) is 4.38. The van der Waals surface area contributed by atoms with Gasteiger partial charge in [-0.1, -0.05) is 23.8 Å². The molecule has 1 heterocycles. The molecule has 0 aliphatic carbocycles. The minimum Gasteiger partial charge on any atom is -0.435 e. The number of ether oxygens (including phenoxy) is 1. The first-order valence-electron chi connectivity index (χ1n) is 8.12. The summed E-state index contributed by atoms with van der Waals surface area (Å²) >= 11 is 0. The molecule has 0 radical (unpaired) electrons. The van der Waals surface area contributed by atoms with Crippen molar-refractivity contribution in [2.45, 2.75) is 27.0 Å². The van der Waals surface area contributed by atoms with E-state index in [0.717, 1.165) is 16.5 Å². The van der Waals surface area contributed by atoms with Gasteiger partial charge < -0.3 is 10.1 Å². The summed E-state index contributed by atoms with van der Waals surface area (Å²) in [6.45, 7) is 1.08. The molecule has 1 N–H and O–H groups in total. The third-order valence-electron chi connectivity index (χ3n) is 3.98. The first-order valence-corrected chi connectivity index (χ1v) is 8.12. The van der Waals surface area contributed by atoms with Gasteiger partial charge in [0.25, 0.3) is 5.91 Å². The third kappa shape index (κ3) is 4.14. The Hall–Kier alpha value is -3.02. The molecule has 26 heavy (non-hydrogen) atoms. The summed E-state index contributed by atoms with van der Waals surface area (Å²) in [6, 6.07) is 13.9. The Bertz CT molecular complexity index is 958. The first-order chi connectivity index (χ1) is 12.4. The van der Waals surface area contributed by atoms with Crippen LogP contribution in [0.2, 0.25) is 0 Å². The number of halogens is 2. The smallest absolute Gasteiger partial charge is 0.387 e. The predicted molar refractivity (Wildman–Crippen MR) is 95.5 cm³/mol. The van der Waals surface area contributed by atoms with E-state index in [1.54, 1.807) is 19.1 Å². The number of rotatable bonds is 5. The number of carbonyl (C=O) groups excluding carboxylic acids is 1. The van der Waals surface area contributed by atoms with Crippen LogP contribution in [0.5, 0.6) is 5.75 Å². The number of alkyl halides is 2. The standard InChI is InChI=1S/C20H18F2N2O2/c1-12-6-7-18-15(8-12)10-17(13(2)24-18)19(25)23-11-14-4-3-5-16(9-14)26-20(21)22/h3-10,20H,11H2,1-2H3,(H,23,25). The van der Waals surface area contributed by atoms with Gasteiger partial charge in [-0.25, -0.2) is 0 Å². The molecule has 0 fully saturated rings. The fraction of sp³-hybridized carbons (Fsp3) is 0.200. The number of aryl methyl sites for hydroxylation is 2. The van der Waals surface area contributed by atoms with Gasteiger partial charge in [0, 0.05) is 11.9 Å². The van der Waals surface area contributed by atoms with Gasteiger partial charge in [0.2, 0.25) is 0 Å². The van der Waals surface area contributed by atoms with Crippen LogP contribution in [0.3, 0.4) is 0 Å². The average molecular weight is 356 g/mol. The van der Waals surface area contributed by atoms with Crippen molar-refractivity contribution in [3.05, 3.63) is 70.9 Å². The number of nitrogens with one attached hydrogen (secondary N) is 1. The topological polar surface area (TPSA) is 51.2 Å². The lowest BCUT2D eigenvalue weighted by molar-refractivity contribution is -0.0498. The van der Waals surface area contributed by atoms with Crippen LogP contribution in [0.25, 0.3) is 10.9 Å². The summed E-state index contributed by atoms with van der Waals surface area (Å²) in [5.41, 5.74) is 3.71. The van der Waals surface area contributed by atoms with Crippen molar-refractivity contribution in [2.24, 2.45) is 0 Å². The maximum Gasteiger partial charge on any atom is 0.387 e. The van der Waals surface area contributed by atoms with E-state index in [1.807, 2.05) is 31.2 Å². The maximum atomic E-state index is 12.5. The number of aromatic nitrogens is 1. The van der Waals surface area contributed by atoms with Gasteiger partial charge in [-0.2, -0.15) is 8.78 Å². The van der Waals surface area contributed by atoms with Crippen LogP contribution in [0.1, 0.15) is 27.2 Å². The Morgan fingerprint density at radius 2 is 1.96 bits per heavy atom. The second-order valence-electron chi connectivity index (χ2n) is 6.03. The lowest BCUT2D eigenvalue weighted by atomic mass is 10.1. The molecule has 0 bridgehead atoms. The highest BCUT2D eigenvalue weighted by molar-refractivity contribution is 5.98. The van der Waals surface area contributed by atoms with Crippen LogP contribution in [0, 0.1) is 13.8 Å². The summed E-state index contributed by atoms with van der Waals surface area (Å²) < 4.78 is 28.9. The van der Waals surface area contributed by atoms with Crippen LogP contribution in [-0.2, 0) is 6.54 Å². The zero-order valence-electron chi connectivity index (χ0n) is 14.4. The molecule has 0 saturated heterocycles. The SMILES string of the molecule is Cc1ccc2nc(C)c(C(=O)NCc3cccc(OC(F)F)c3)cc2c1. The highest BCUT2D eigenvalue weighted by atomic mass is 19.3. The second kappa shape index (κ2) is 7.47. The van der Waals surface area contributed by atoms with Crippen LogP contribution in [0.4, 0.5) is 8.78 Å². The van der Waals surface area contributed by atoms with Crippen LogP contribution in [-0.4, -0.2) is 17.5 Å². The normalized spacial score (nSPS) is 11.0. The van der Waals surface area contributed by atoms with Crippen molar-refractivity contribution in [1.82, 2.24) is 10.3 Å². The van der Waals surface area contributed by atoms with Gasteiger partial charge in [-0.05, 0) is 49.7 Å². The van der Waals surface area contributed by atoms with Crippen LogP contribution >= 0.6 is 0 Å². The molecule has 0 aliphatic rings. The number of benzene rings is 2. The zero-order valence-corrected chi connectivity index (χ0v) is 14.4. The molecular weight excluding hydrogens is 338 g/mol. The van der Waals surface area contributed by atoms with E-state index in [2.05, 4.69) is 15.0 Å². The van der Waals surface area contributed by atoms with Crippen molar-refractivity contribution < 1.29 is 18.3 Å². The van der Waals surface area contributed by atoms with Gasteiger partial charge >= 0.3 is 6.61 Å². The molecule has 0 unspecified atom stereocenters. The van der Waals surface area contributed by atoms with Crippen LogP contribution in [0.15, 0.2) is 48.5 Å². The maximum absolute atomic E-state index is 12.5. The minimum absolute atomic E-state index is 0.0609. The Labute approximate surface area is 149 Å². The summed E-state index contributed by atoms with van der Waals surface area (Å²) in [5, 5.41) is 3.69. The first kappa shape index (κ1) is 17.8. The van der Waals surface area contributed by atoms with Crippen molar-refractivity contribution in [3.63, 3.8) is 0 Å². The molecular formula is C20H18F2N2O2. The molecule has 0 spiro atoms. The number of hydrogen-bond donors (Lipinski definition) is 1. The zero-order chi connectivity index (χ0) is 18.7. The van der Waals surface area contributed by atoms with E-state index in [9.17, 15) is 13.6 Å². The number of hydrogen-bond acceptors (Lipinski definition) is 3. The molecule has 3 rings (SSSR count). The number of pyridine rings is 1. The van der Waals surface area contributed by atoms with E-state index >= 15 is 0 Å². The molecule has 1 aromatic heterocycles. The Balaban J connectivity index is 1.76. The molecule has 134 valence electrons. The average Bonchev–Trinajstić information content (AvgIpc) is 2.59. The van der Waals surface area contributed by atoms with Crippen molar-refractivity contribution >= 4 is 16.8 Å². The van der Waals surface area contributed by atoms with Gasteiger partial charge in [-0.15, -0.1) is 0 Å². The highest BCUT2D eigenvalue weighted by Crippen LogP contribution is 2.19. The molecule has 3 aromatic rings. The van der Waals surface area contributed by atoms with Crippen molar-refractivity contribution in [2.75, 3.05) is 0 Å². The van der Waals surface area contributed by atoms with Gasteiger partial charge in [0.15, 0.2) is 0 Å². The minimum atomic E-state index is -2.88. The van der Waals surface area contributed by atoms with Crippen molar-refractivity contribution in [3.8, 4) is 5.75 Å². The molecule has 1 amide bonds. The van der Waals surface area contributed by atoms with Gasteiger partial charge in [0.05, 0.1) is 16.8 Å². The number of nitrogens with zero attached hydrogens (tertiary/aromatic N) is 1.